The number of piperidine rings is 1. The van der Waals surface area contributed by atoms with Crippen LogP contribution in [0.15, 0.2) is 58.2 Å². The molecule has 0 bridgehead atoms. The van der Waals surface area contributed by atoms with E-state index in [1.165, 1.54) is 32.1 Å². The van der Waals surface area contributed by atoms with Crippen LogP contribution in [0, 0.1) is 5.41 Å². The number of fused-ring (bicyclic) bond motifs is 1. The third-order valence-electron chi connectivity index (χ3n) is 7.61. The molecule has 1 unspecified atom stereocenters. The highest BCUT2D eigenvalue weighted by molar-refractivity contribution is 5.74. The van der Waals surface area contributed by atoms with Gasteiger partial charge in [-0.3, -0.25) is 19.1 Å². The second-order valence-corrected chi connectivity index (χ2v) is 8.80. The summed E-state index contributed by atoms with van der Waals surface area (Å²) < 4.78 is 1.78. The summed E-state index contributed by atoms with van der Waals surface area (Å²) in [5, 5.41) is 0. The fraction of sp³-hybridized carbons (Fsp3) is 0.478. The van der Waals surface area contributed by atoms with Crippen molar-refractivity contribution in [2.75, 3.05) is 0 Å². The standard InChI is InChI=1S/C23H25N3O2/c27-21-22(28)26(17-11-7-6-10-16(17)24-21)20-14-19-23(20)13-12-18(23)25(19)15-8-4-2-1-3-5-9-15/h4,6-8,10-13,15,18-20H,1-3,5,9,14H2,(H,24,27)/t15?,18-,19-,20-,23+/m1/s1. The Morgan fingerprint density at radius 1 is 1.04 bits per heavy atom. The Morgan fingerprint density at radius 2 is 1.93 bits per heavy atom. The molecule has 6 rings (SSSR count). The third-order valence-corrected chi connectivity index (χ3v) is 7.61. The van der Waals surface area contributed by atoms with E-state index in [4.69, 9.17) is 0 Å². The third kappa shape index (κ3) is 1.95. The van der Waals surface area contributed by atoms with Crippen molar-refractivity contribution in [2.45, 2.75) is 62.7 Å². The summed E-state index contributed by atoms with van der Waals surface area (Å²) in [4.78, 5) is 30.5. The monoisotopic (exact) mass is 375 g/mol. The number of rotatable bonds is 2. The largest absolute Gasteiger partial charge is 0.317 e. The minimum atomic E-state index is -0.516. The molecular weight excluding hydrogens is 350 g/mol. The summed E-state index contributed by atoms with van der Waals surface area (Å²) >= 11 is 0. The first-order valence-electron chi connectivity index (χ1n) is 10.6. The van der Waals surface area contributed by atoms with Crippen LogP contribution in [-0.2, 0) is 0 Å². The van der Waals surface area contributed by atoms with E-state index < -0.39 is 11.1 Å². The number of aromatic amines is 1. The van der Waals surface area contributed by atoms with Crippen LogP contribution in [0.2, 0.25) is 0 Å². The first kappa shape index (κ1) is 16.5. The second-order valence-electron chi connectivity index (χ2n) is 8.80. The molecule has 5 nitrogen and oxygen atoms in total. The van der Waals surface area contributed by atoms with Gasteiger partial charge in [0, 0.05) is 23.5 Å². The molecule has 1 aliphatic heterocycles. The topological polar surface area (TPSA) is 58.1 Å². The van der Waals surface area contributed by atoms with Gasteiger partial charge in [0.2, 0.25) is 0 Å². The zero-order valence-corrected chi connectivity index (χ0v) is 15.9. The first-order valence-corrected chi connectivity index (χ1v) is 10.6. The van der Waals surface area contributed by atoms with Gasteiger partial charge in [0.1, 0.15) is 0 Å². The van der Waals surface area contributed by atoms with Crippen LogP contribution in [0.5, 0.6) is 0 Å². The van der Waals surface area contributed by atoms with Gasteiger partial charge in [-0.15, -0.1) is 0 Å². The summed E-state index contributed by atoms with van der Waals surface area (Å²) in [5.74, 6) is 0. The van der Waals surface area contributed by atoms with Gasteiger partial charge in [-0.1, -0.05) is 49.3 Å². The lowest BCUT2D eigenvalue weighted by Gasteiger charge is -2.77. The Labute approximate surface area is 163 Å². The maximum Gasteiger partial charge on any atom is 0.317 e. The fourth-order valence-corrected chi connectivity index (χ4v) is 6.20. The van der Waals surface area contributed by atoms with Gasteiger partial charge < -0.3 is 4.98 Å². The number of hydrogen-bond donors (Lipinski definition) is 1. The summed E-state index contributed by atoms with van der Waals surface area (Å²) in [5.41, 5.74) is 0.688. The summed E-state index contributed by atoms with van der Waals surface area (Å²) in [7, 11) is 0. The van der Waals surface area contributed by atoms with E-state index in [0.29, 0.717) is 18.1 Å². The molecule has 1 aromatic carbocycles. The highest BCUT2D eigenvalue weighted by atomic mass is 16.2. The van der Waals surface area contributed by atoms with Crippen LogP contribution in [0.1, 0.15) is 44.6 Å². The van der Waals surface area contributed by atoms with Crippen molar-refractivity contribution in [1.82, 2.24) is 14.5 Å². The summed E-state index contributed by atoms with van der Waals surface area (Å²) in [6, 6.07) is 9.14. The van der Waals surface area contributed by atoms with Crippen LogP contribution in [-0.4, -0.2) is 32.6 Å². The molecule has 144 valence electrons. The van der Waals surface area contributed by atoms with Crippen molar-refractivity contribution in [2.24, 2.45) is 5.41 Å². The van der Waals surface area contributed by atoms with Crippen molar-refractivity contribution < 1.29 is 0 Å². The van der Waals surface area contributed by atoms with E-state index in [1.54, 1.807) is 4.57 Å². The molecule has 4 aliphatic rings. The fourth-order valence-electron chi connectivity index (χ4n) is 6.20. The minimum absolute atomic E-state index is 0.0383. The van der Waals surface area contributed by atoms with Gasteiger partial charge in [-0.2, -0.15) is 0 Å². The van der Waals surface area contributed by atoms with Crippen molar-refractivity contribution in [3.8, 4) is 0 Å². The molecule has 2 fully saturated rings. The van der Waals surface area contributed by atoms with Gasteiger partial charge in [-0.25, -0.2) is 0 Å². The van der Waals surface area contributed by atoms with Crippen molar-refractivity contribution in [3.63, 3.8) is 0 Å². The average Bonchev–Trinajstić information content (AvgIpc) is 2.62. The Bertz CT molecular complexity index is 1130. The van der Waals surface area contributed by atoms with E-state index in [-0.39, 0.29) is 11.5 Å². The van der Waals surface area contributed by atoms with Gasteiger partial charge >= 0.3 is 11.1 Å². The Balaban J connectivity index is 1.38. The number of para-hydroxylation sites is 2. The van der Waals surface area contributed by atoms with E-state index in [0.717, 1.165) is 17.5 Å². The molecule has 5 atom stereocenters. The van der Waals surface area contributed by atoms with Crippen LogP contribution >= 0.6 is 0 Å². The summed E-state index contributed by atoms with van der Waals surface area (Å²) in [6.07, 6.45) is 16.7. The number of H-pyrrole nitrogens is 1. The molecule has 0 amide bonds. The molecule has 28 heavy (non-hydrogen) atoms. The number of hydrogen-bond acceptors (Lipinski definition) is 3. The lowest BCUT2D eigenvalue weighted by molar-refractivity contribution is -0.221. The highest BCUT2D eigenvalue weighted by Gasteiger charge is 2.74. The second kappa shape index (κ2) is 5.80. The molecule has 1 saturated heterocycles. The number of aromatic nitrogens is 2. The van der Waals surface area contributed by atoms with E-state index >= 15 is 0 Å². The molecule has 5 heteroatoms. The molecule has 2 aromatic rings. The van der Waals surface area contributed by atoms with Crippen molar-refractivity contribution in [1.29, 1.82) is 0 Å². The average molecular weight is 375 g/mol. The van der Waals surface area contributed by atoms with E-state index in [2.05, 4.69) is 34.2 Å². The maximum atomic E-state index is 12.8. The van der Waals surface area contributed by atoms with Crippen LogP contribution < -0.4 is 11.1 Å². The molecule has 0 radical (unpaired) electrons. The lowest BCUT2D eigenvalue weighted by Crippen LogP contribution is -2.84. The minimum Gasteiger partial charge on any atom is -0.316 e. The molecule has 1 N–H and O–H groups in total. The van der Waals surface area contributed by atoms with E-state index in [9.17, 15) is 9.59 Å². The quantitative estimate of drug-likeness (QED) is 0.648. The molecule has 1 aromatic heterocycles. The van der Waals surface area contributed by atoms with Crippen LogP contribution in [0.4, 0.5) is 0 Å². The zero-order chi connectivity index (χ0) is 18.9. The molecular formula is C23H25N3O2. The van der Waals surface area contributed by atoms with E-state index in [1.807, 2.05) is 24.3 Å². The zero-order valence-electron chi connectivity index (χ0n) is 15.9. The molecule has 2 heterocycles. The van der Waals surface area contributed by atoms with Crippen LogP contribution in [0.25, 0.3) is 11.0 Å². The highest BCUT2D eigenvalue weighted by Crippen LogP contribution is 2.69. The maximum absolute atomic E-state index is 12.8. The molecule has 1 saturated carbocycles. The Kier molecular flexibility index (Phi) is 3.43. The van der Waals surface area contributed by atoms with Crippen molar-refractivity contribution in [3.05, 3.63) is 69.3 Å². The smallest absolute Gasteiger partial charge is 0.316 e. The normalized spacial score (nSPS) is 36.4. The van der Waals surface area contributed by atoms with Gasteiger partial charge in [0.25, 0.3) is 0 Å². The SMILES string of the molecule is O=c1[nH]c2ccccc2n([C@@H]2C[C@H]3N(C4C=CCCCCC4)[C@@H]4C=C[C@]432)c1=O. The van der Waals surface area contributed by atoms with Gasteiger partial charge in [0.15, 0.2) is 0 Å². The number of nitrogens with zero attached hydrogens (tertiary/aromatic N) is 2. The molecule has 3 aliphatic carbocycles. The summed E-state index contributed by atoms with van der Waals surface area (Å²) in [6.45, 7) is 0. The number of nitrogens with one attached hydrogen (secondary N) is 1. The van der Waals surface area contributed by atoms with Crippen molar-refractivity contribution >= 4 is 11.0 Å². The predicted molar refractivity (Wildman–Crippen MR) is 109 cm³/mol. The first-order chi connectivity index (χ1) is 13.7. The lowest BCUT2D eigenvalue weighted by atomic mass is 9.43. The Hall–Kier alpha value is -2.40. The number of allylic oxidation sites excluding steroid dienone is 1. The van der Waals surface area contributed by atoms with Crippen LogP contribution in [0.3, 0.4) is 0 Å². The predicted octanol–water partition coefficient (Wildman–Crippen LogP) is 3.13. The molecule has 1 spiro atoms. The number of benzene rings is 1. The van der Waals surface area contributed by atoms with Gasteiger partial charge in [-0.05, 0) is 37.8 Å². The number of likely N-dealkylation sites (tertiary alicyclic amines) is 1. The van der Waals surface area contributed by atoms with Gasteiger partial charge in [0.05, 0.1) is 17.1 Å². The Morgan fingerprint density at radius 3 is 2.75 bits per heavy atom.